The van der Waals surface area contributed by atoms with Gasteiger partial charge in [-0.25, -0.2) is 0 Å². The highest BCUT2D eigenvalue weighted by Gasteiger charge is 2.26. The molecule has 1 heterocycles. The zero-order valence-electron chi connectivity index (χ0n) is 10.3. The number of hydrogen-bond donors (Lipinski definition) is 1. The largest absolute Gasteiger partial charge is 0.334 e. The second-order valence-corrected chi connectivity index (χ2v) is 4.80. The van der Waals surface area contributed by atoms with Crippen molar-refractivity contribution in [3.63, 3.8) is 0 Å². The minimum Gasteiger partial charge on any atom is -0.334 e. The maximum Gasteiger partial charge on any atom is 0.270 e. The van der Waals surface area contributed by atoms with Gasteiger partial charge in [-0.2, -0.15) is 12.6 Å². The number of thiol groups is 1. The summed E-state index contributed by atoms with van der Waals surface area (Å²) in [5.74, 6) is 0.346. The highest BCUT2D eigenvalue weighted by Crippen LogP contribution is 2.24. The number of benzene rings is 1. The van der Waals surface area contributed by atoms with Crippen LogP contribution in [0.1, 0.15) is 15.9 Å². The first-order valence-corrected chi connectivity index (χ1v) is 6.50. The predicted octanol–water partition coefficient (Wildman–Crippen LogP) is 2.08. The van der Waals surface area contributed by atoms with E-state index in [2.05, 4.69) is 19.2 Å². The second-order valence-electron chi connectivity index (χ2n) is 4.48. The monoisotopic (exact) mass is 278 g/mol. The van der Waals surface area contributed by atoms with Crippen LogP contribution in [0.25, 0.3) is 0 Å². The van der Waals surface area contributed by atoms with Gasteiger partial charge in [-0.1, -0.05) is 12.6 Å². The van der Waals surface area contributed by atoms with Gasteiger partial charge < -0.3 is 4.90 Å². The average Bonchev–Trinajstić information content (AvgIpc) is 2.41. The van der Waals surface area contributed by atoms with Crippen molar-refractivity contribution in [3.05, 3.63) is 51.6 Å². The molecule has 2 rings (SSSR count). The molecule has 1 aliphatic heterocycles. The lowest BCUT2D eigenvalue weighted by Crippen LogP contribution is -2.38. The lowest BCUT2D eigenvalue weighted by Gasteiger charge is -2.28. The van der Waals surface area contributed by atoms with Crippen LogP contribution in [0.15, 0.2) is 30.4 Å². The molecule has 0 unspecified atom stereocenters. The average molecular weight is 278 g/mol. The van der Waals surface area contributed by atoms with Crippen LogP contribution in [0.4, 0.5) is 5.69 Å². The second kappa shape index (κ2) is 5.44. The number of nitrogens with zero attached hydrogens (tertiary/aromatic N) is 2. The van der Waals surface area contributed by atoms with Crippen LogP contribution in [-0.2, 0) is 6.42 Å². The smallest absolute Gasteiger partial charge is 0.270 e. The summed E-state index contributed by atoms with van der Waals surface area (Å²) >= 11 is 4.12. The van der Waals surface area contributed by atoms with Crippen molar-refractivity contribution in [1.82, 2.24) is 4.90 Å². The first kappa shape index (κ1) is 13.6. The molecule has 19 heavy (non-hydrogen) atoms. The summed E-state index contributed by atoms with van der Waals surface area (Å²) in [5.41, 5.74) is 2.09. The summed E-state index contributed by atoms with van der Waals surface area (Å²) in [5, 5.41) is 10.8. The van der Waals surface area contributed by atoms with Gasteiger partial charge in [-0.3, -0.25) is 14.9 Å². The normalized spacial score (nSPS) is 14.2. The summed E-state index contributed by atoms with van der Waals surface area (Å²) in [6, 6.07) is 4.46. The van der Waals surface area contributed by atoms with E-state index < -0.39 is 4.92 Å². The molecular formula is C13H14N2O3S. The molecule has 0 spiro atoms. The fraction of sp³-hybridized carbons (Fsp3) is 0.308. The van der Waals surface area contributed by atoms with Crippen molar-refractivity contribution >= 4 is 24.2 Å². The quantitative estimate of drug-likeness (QED) is 0.397. The molecule has 0 saturated heterocycles. The Morgan fingerprint density at radius 3 is 2.89 bits per heavy atom. The molecule has 1 aromatic rings. The minimum absolute atomic E-state index is 0.0537. The standard InChI is InChI=1S/C13H14N2O3S/c1-9(8-19)7-14-5-4-10-2-3-11(15(17)18)6-12(10)13(14)16/h2-3,6,19H,1,4-5,7-8H2. The molecule has 0 fully saturated rings. The Kier molecular flexibility index (Phi) is 3.90. The van der Waals surface area contributed by atoms with E-state index in [0.29, 0.717) is 30.8 Å². The number of rotatable bonds is 4. The third kappa shape index (κ3) is 2.78. The van der Waals surface area contributed by atoms with Crippen molar-refractivity contribution in [1.29, 1.82) is 0 Å². The van der Waals surface area contributed by atoms with Gasteiger partial charge in [-0.05, 0) is 17.6 Å². The number of nitro groups is 1. The van der Waals surface area contributed by atoms with Crippen LogP contribution in [0, 0.1) is 10.1 Å². The van der Waals surface area contributed by atoms with Gasteiger partial charge in [0.25, 0.3) is 11.6 Å². The van der Waals surface area contributed by atoms with Gasteiger partial charge in [-0.15, -0.1) is 0 Å². The van der Waals surface area contributed by atoms with Crippen molar-refractivity contribution in [3.8, 4) is 0 Å². The highest BCUT2D eigenvalue weighted by atomic mass is 32.1. The zero-order chi connectivity index (χ0) is 14.0. The van der Waals surface area contributed by atoms with Crippen LogP contribution in [-0.4, -0.2) is 34.6 Å². The van der Waals surface area contributed by atoms with Gasteiger partial charge in [0.05, 0.1) is 4.92 Å². The Hall–Kier alpha value is -1.82. The predicted molar refractivity (Wildman–Crippen MR) is 75.7 cm³/mol. The number of nitro benzene ring substituents is 1. The minimum atomic E-state index is -0.487. The molecule has 6 heteroatoms. The fourth-order valence-corrected chi connectivity index (χ4v) is 2.19. The van der Waals surface area contributed by atoms with Gasteiger partial charge in [0, 0.05) is 36.5 Å². The molecule has 0 N–H and O–H groups in total. The molecule has 1 amide bonds. The van der Waals surface area contributed by atoms with E-state index in [4.69, 9.17) is 0 Å². The van der Waals surface area contributed by atoms with E-state index in [0.717, 1.165) is 11.1 Å². The lowest BCUT2D eigenvalue weighted by atomic mass is 9.98. The molecule has 0 saturated carbocycles. The third-order valence-corrected chi connectivity index (χ3v) is 3.56. The van der Waals surface area contributed by atoms with E-state index in [9.17, 15) is 14.9 Å². The van der Waals surface area contributed by atoms with E-state index in [1.54, 1.807) is 11.0 Å². The van der Waals surface area contributed by atoms with E-state index >= 15 is 0 Å². The van der Waals surface area contributed by atoms with Crippen molar-refractivity contribution in [2.24, 2.45) is 0 Å². The molecule has 100 valence electrons. The molecule has 0 radical (unpaired) electrons. The number of non-ortho nitro benzene ring substituents is 1. The molecular weight excluding hydrogens is 264 g/mol. The van der Waals surface area contributed by atoms with E-state index in [1.165, 1.54) is 12.1 Å². The van der Waals surface area contributed by atoms with Crippen molar-refractivity contribution < 1.29 is 9.72 Å². The number of carbonyl (C=O) groups excluding carboxylic acids is 1. The Morgan fingerprint density at radius 2 is 2.26 bits per heavy atom. The first-order valence-electron chi connectivity index (χ1n) is 5.87. The number of fused-ring (bicyclic) bond motifs is 1. The van der Waals surface area contributed by atoms with Crippen molar-refractivity contribution in [2.75, 3.05) is 18.8 Å². The third-order valence-electron chi connectivity index (χ3n) is 3.11. The van der Waals surface area contributed by atoms with Gasteiger partial charge >= 0.3 is 0 Å². The highest BCUT2D eigenvalue weighted by molar-refractivity contribution is 7.80. The molecule has 1 aromatic carbocycles. The maximum absolute atomic E-state index is 12.3. The molecule has 0 aliphatic carbocycles. The fourth-order valence-electron chi connectivity index (χ4n) is 2.09. The van der Waals surface area contributed by atoms with Crippen LogP contribution < -0.4 is 0 Å². The Labute approximate surface area is 116 Å². The Bertz CT molecular complexity index is 557. The summed E-state index contributed by atoms with van der Waals surface area (Å²) in [6.45, 7) is 4.88. The Balaban J connectivity index is 2.28. The first-order chi connectivity index (χ1) is 9.02. The van der Waals surface area contributed by atoms with Crippen LogP contribution in [0.5, 0.6) is 0 Å². The lowest BCUT2D eigenvalue weighted by molar-refractivity contribution is -0.384. The number of hydrogen-bond acceptors (Lipinski definition) is 4. The van der Waals surface area contributed by atoms with E-state index in [1.807, 2.05) is 0 Å². The topological polar surface area (TPSA) is 63.4 Å². The summed E-state index contributed by atoms with van der Waals surface area (Å²) in [7, 11) is 0. The maximum atomic E-state index is 12.3. The molecule has 0 aromatic heterocycles. The van der Waals surface area contributed by atoms with Gasteiger partial charge in [0.2, 0.25) is 0 Å². The van der Waals surface area contributed by atoms with Crippen molar-refractivity contribution in [2.45, 2.75) is 6.42 Å². The summed E-state index contributed by atoms with van der Waals surface area (Å²) in [6.07, 6.45) is 0.707. The van der Waals surface area contributed by atoms with E-state index in [-0.39, 0.29) is 11.6 Å². The van der Waals surface area contributed by atoms with Crippen LogP contribution >= 0.6 is 12.6 Å². The molecule has 0 atom stereocenters. The van der Waals surface area contributed by atoms with Crippen LogP contribution in [0.2, 0.25) is 0 Å². The molecule has 1 aliphatic rings. The molecule has 5 nitrogen and oxygen atoms in total. The summed E-state index contributed by atoms with van der Waals surface area (Å²) < 4.78 is 0. The number of amides is 1. The zero-order valence-corrected chi connectivity index (χ0v) is 11.2. The van der Waals surface area contributed by atoms with Gasteiger partial charge in [0.15, 0.2) is 0 Å². The number of carbonyl (C=O) groups is 1. The van der Waals surface area contributed by atoms with Crippen LogP contribution in [0.3, 0.4) is 0 Å². The Morgan fingerprint density at radius 1 is 1.53 bits per heavy atom. The summed E-state index contributed by atoms with van der Waals surface area (Å²) in [4.78, 5) is 24.2. The SMILES string of the molecule is C=C(CS)CN1CCc2ccc([N+](=O)[O-])cc2C1=O. The van der Waals surface area contributed by atoms with Gasteiger partial charge in [0.1, 0.15) is 0 Å². The molecule has 0 bridgehead atoms.